The van der Waals surface area contributed by atoms with Crippen molar-refractivity contribution in [1.82, 2.24) is 0 Å². The summed E-state index contributed by atoms with van der Waals surface area (Å²) in [6.45, 7) is 7.73. The zero-order chi connectivity index (χ0) is 13.6. The fourth-order valence-corrected chi connectivity index (χ4v) is 2.51. The Bertz CT molecular complexity index is 482. The van der Waals surface area contributed by atoms with Gasteiger partial charge in [-0.05, 0) is 18.6 Å². The Morgan fingerprint density at radius 1 is 1.26 bits per heavy atom. The SMILES string of the molecule is Cc1cccc2c1OC(B1OCC(C)(C)CO1)N2C. The minimum atomic E-state index is -0.329. The van der Waals surface area contributed by atoms with Crippen molar-refractivity contribution < 1.29 is 14.0 Å². The summed E-state index contributed by atoms with van der Waals surface area (Å²) in [7, 11) is 1.69. The van der Waals surface area contributed by atoms with Gasteiger partial charge in [0.1, 0.15) is 5.75 Å². The van der Waals surface area contributed by atoms with Crippen LogP contribution in [0, 0.1) is 12.3 Å². The van der Waals surface area contributed by atoms with E-state index in [9.17, 15) is 0 Å². The van der Waals surface area contributed by atoms with Crippen molar-refractivity contribution in [3.8, 4) is 5.75 Å². The molecule has 4 nitrogen and oxygen atoms in total. The predicted octanol–water partition coefficient (Wildman–Crippen LogP) is 2.25. The highest BCUT2D eigenvalue weighted by atomic mass is 16.6. The molecule has 0 saturated carbocycles. The molecule has 0 amide bonds. The molecular formula is C14H20BNO3. The largest absolute Gasteiger partial charge is 0.523 e. The third-order valence-electron chi connectivity index (χ3n) is 3.70. The summed E-state index contributed by atoms with van der Waals surface area (Å²) in [5, 5.41) is 0. The van der Waals surface area contributed by atoms with Crippen LogP contribution >= 0.6 is 0 Å². The number of nitrogens with zero attached hydrogens (tertiary/aromatic N) is 1. The summed E-state index contributed by atoms with van der Waals surface area (Å²) in [6.07, 6.45) is -0.202. The molecule has 3 rings (SSSR count). The van der Waals surface area contributed by atoms with Crippen LogP contribution in [0.4, 0.5) is 5.69 Å². The lowest BCUT2D eigenvalue weighted by molar-refractivity contribution is 0.0130. The van der Waals surface area contributed by atoms with Gasteiger partial charge in [-0.2, -0.15) is 0 Å². The molecule has 0 aromatic heterocycles. The number of benzene rings is 1. The van der Waals surface area contributed by atoms with E-state index >= 15 is 0 Å². The lowest BCUT2D eigenvalue weighted by Gasteiger charge is -2.36. The first kappa shape index (κ1) is 12.8. The highest BCUT2D eigenvalue weighted by Crippen LogP contribution is 2.40. The zero-order valence-corrected chi connectivity index (χ0v) is 12.0. The third-order valence-corrected chi connectivity index (χ3v) is 3.70. The van der Waals surface area contributed by atoms with Crippen molar-refractivity contribution in [2.45, 2.75) is 26.9 Å². The Morgan fingerprint density at radius 2 is 1.95 bits per heavy atom. The lowest BCUT2D eigenvalue weighted by Crippen LogP contribution is -2.54. The van der Waals surface area contributed by atoms with Crippen molar-refractivity contribution in [1.29, 1.82) is 0 Å². The van der Waals surface area contributed by atoms with Gasteiger partial charge < -0.3 is 18.9 Å². The van der Waals surface area contributed by atoms with Crippen molar-refractivity contribution in [2.24, 2.45) is 5.41 Å². The molecule has 0 aliphatic carbocycles. The molecule has 1 fully saturated rings. The van der Waals surface area contributed by atoms with Crippen LogP contribution in [0.25, 0.3) is 0 Å². The molecule has 1 aromatic carbocycles. The van der Waals surface area contributed by atoms with Gasteiger partial charge in [0.25, 0.3) is 0 Å². The topological polar surface area (TPSA) is 30.9 Å². The minimum Gasteiger partial charge on any atom is -0.469 e. The van der Waals surface area contributed by atoms with Crippen LogP contribution in [0.1, 0.15) is 19.4 Å². The van der Waals surface area contributed by atoms with E-state index in [1.807, 2.05) is 13.1 Å². The fraction of sp³-hybridized carbons (Fsp3) is 0.571. The van der Waals surface area contributed by atoms with Crippen molar-refractivity contribution >= 4 is 12.8 Å². The molecule has 0 spiro atoms. The average Bonchev–Trinajstić information content (AvgIpc) is 2.69. The van der Waals surface area contributed by atoms with Gasteiger partial charge in [0.15, 0.2) is 0 Å². The van der Waals surface area contributed by atoms with Crippen LogP contribution in [0.2, 0.25) is 0 Å². The number of rotatable bonds is 1. The predicted molar refractivity (Wildman–Crippen MR) is 75.4 cm³/mol. The average molecular weight is 261 g/mol. The summed E-state index contributed by atoms with van der Waals surface area (Å²) in [5.41, 5.74) is 2.32. The monoisotopic (exact) mass is 261 g/mol. The molecule has 1 saturated heterocycles. The molecule has 2 aliphatic heterocycles. The maximum absolute atomic E-state index is 6.03. The first-order valence-corrected chi connectivity index (χ1v) is 6.70. The number of anilines is 1. The number of ether oxygens (including phenoxy) is 1. The molecule has 2 aliphatic rings. The highest BCUT2D eigenvalue weighted by Gasteiger charge is 2.45. The van der Waals surface area contributed by atoms with Gasteiger partial charge >= 0.3 is 7.12 Å². The van der Waals surface area contributed by atoms with Crippen molar-refractivity contribution in [3.05, 3.63) is 23.8 Å². The Hall–Kier alpha value is -1.20. The fourth-order valence-electron chi connectivity index (χ4n) is 2.51. The van der Waals surface area contributed by atoms with Gasteiger partial charge in [-0.25, -0.2) is 0 Å². The summed E-state index contributed by atoms with van der Waals surface area (Å²) in [5.74, 6) is 0.937. The number of para-hydroxylation sites is 1. The van der Waals surface area contributed by atoms with Crippen LogP contribution in [0.5, 0.6) is 5.75 Å². The Labute approximate surface area is 114 Å². The van der Waals surface area contributed by atoms with E-state index in [1.54, 1.807) is 0 Å². The Kier molecular flexibility index (Phi) is 2.98. The normalized spacial score (nSPS) is 25.2. The third kappa shape index (κ3) is 2.21. The van der Waals surface area contributed by atoms with Gasteiger partial charge in [-0.1, -0.05) is 26.0 Å². The molecule has 0 radical (unpaired) electrons. The van der Waals surface area contributed by atoms with Gasteiger partial charge in [-0.15, -0.1) is 0 Å². The first-order chi connectivity index (χ1) is 8.98. The molecule has 1 aromatic rings. The molecule has 0 N–H and O–H groups in total. The maximum Gasteiger partial charge on any atom is 0.523 e. The van der Waals surface area contributed by atoms with Crippen molar-refractivity contribution in [3.63, 3.8) is 0 Å². The standard InChI is InChI=1S/C14H20BNO3/c1-10-6-5-7-11-12(10)19-13(16(11)4)15-17-8-14(2,3)9-18-15/h5-7,13H,8-9H2,1-4H3. The quantitative estimate of drug-likeness (QED) is 0.725. The van der Waals surface area contributed by atoms with E-state index in [0.29, 0.717) is 13.2 Å². The number of aryl methyl sites for hydroxylation is 1. The lowest BCUT2D eigenvalue weighted by atomic mass is 9.81. The van der Waals surface area contributed by atoms with Crippen LogP contribution in [0.15, 0.2) is 18.2 Å². The van der Waals surface area contributed by atoms with Crippen LogP contribution in [-0.4, -0.2) is 33.5 Å². The second kappa shape index (κ2) is 4.42. The molecule has 1 unspecified atom stereocenters. The Morgan fingerprint density at radius 3 is 2.58 bits per heavy atom. The minimum absolute atomic E-state index is 0.0798. The molecule has 2 heterocycles. The van der Waals surface area contributed by atoms with E-state index in [2.05, 4.69) is 37.8 Å². The smallest absolute Gasteiger partial charge is 0.469 e. The van der Waals surface area contributed by atoms with Gasteiger partial charge in [0.05, 0.1) is 5.69 Å². The van der Waals surface area contributed by atoms with E-state index < -0.39 is 0 Å². The maximum atomic E-state index is 6.03. The Balaban J connectivity index is 1.77. The van der Waals surface area contributed by atoms with Gasteiger partial charge in [0, 0.05) is 25.7 Å². The van der Waals surface area contributed by atoms with Crippen molar-refractivity contribution in [2.75, 3.05) is 25.2 Å². The number of hydrogen-bond donors (Lipinski definition) is 0. The number of fused-ring (bicyclic) bond motifs is 1. The molecule has 19 heavy (non-hydrogen) atoms. The van der Waals surface area contributed by atoms with E-state index in [4.69, 9.17) is 14.0 Å². The molecule has 0 bridgehead atoms. The molecule has 102 valence electrons. The van der Waals surface area contributed by atoms with Crippen LogP contribution in [-0.2, 0) is 9.31 Å². The van der Waals surface area contributed by atoms with Crippen LogP contribution in [0.3, 0.4) is 0 Å². The molecular weight excluding hydrogens is 241 g/mol. The van der Waals surface area contributed by atoms with Gasteiger partial charge in [0.2, 0.25) is 6.13 Å². The summed E-state index contributed by atoms with van der Waals surface area (Å²) >= 11 is 0. The summed E-state index contributed by atoms with van der Waals surface area (Å²) in [6, 6.07) is 6.16. The molecule has 1 atom stereocenters. The van der Waals surface area contributed by atoms with E-state index in [1.165, 1.54) is 0 Å². The number of hydrogen-bond acceptors (Lipinski definition) is 4. The van der Waals surface area contributed by atoms with E-state index in [-0.39, 0.29) is 18.7 Å². The summed E-state index contributed by atoms with van der Waals surface area (Å²) in [4.78, 5) is 2.09. The molecule has 5 heteroatoms. The summed E-state index contributed by atoms with van der Waals surface area (Å²) < 4.78 is 17.7. The second-order valence-corrected chi connectivity index (χ2v) is 6.20. The van der Waals surface area contributed by atoms with Crippen LogP contribution < -0.4 is 9.64 Å². The highest BCUT2D eigenvalue weighted by molar-refractivity contribution is 6.47. The second-order valence-electron chi connectivity index (χ2n) is 6.20. The zero-order valence-electron chi connectivity index (χ0n) is 12.0. The van der Waals surface area contributed by atoms with E-state index in [0.717, 1.165) is 17.0 Å². The van der Waals surface area contributed by atoms with Gasteiger partial charge in [-0.3, -0.25) is 0 Å². The first-order valence-electron chi connectivity index (χ1n) is 6.70.